The number of hydrogen-bond donors (Lipinski definition) is 1. The summed E-state index contributed by atoms with van der Waals surface area (Å²) in [4.78, 5) is 1.18. The second-order valence-electron chi connectivity index (χ2n) is 3.75. The summed E-state index contributed by atoms with van der Waals surface area (Å²) < 4.78 is 0. The third-order valence-electron chi connectivity index (χ3n) is 2.48. The molecule has 4 heteroatoms. The molecule has 0 aliphatic rings. The minimum atomic E-state index is -0.431. The van der Waals surface area contributed by atoms with Crippen LogP contribution in [0.25, 0.3) is 0 Å². The van der Waals surface area contributed by atoms with Gasteiger partial charge in [0, 0.05) is 15.7 Å². The van der Waals surface area contributed by atoms with Crippen LogP contribution >= 0.6 is 23.4 Å². The van der Waals surface area contributed by atoms with Gasteiger partial charge in [-0.25, -0.2) is 0 Å². The van der Waals surface area contributed by atoms with Gasteiger partial charge in [0.05, 0.1) is 6.07 Å². The summed E-state index contributed by atoms with van der Waals surface area (Å²) in [5, 5.41) is 12.8. The molecule has 16 heavy (non-hydrogen) atoms. The number of halogens is 1. The highest BCUT2D eigenvalue weighted by atomic mass is 35.5. The second-order valence-corrected chi connectivity index (χ2v) is 5.35. The molecule has 1 unspecified atom stereocenters. The molecule has 0 spiro atoms. The summed E-state index contributed by atoms with van der Waals surface area (Å²) in [6.45, 7) is 1.91. The maximum atomic E-state index is 8.98. The van der Waals surface area contributed by atoms with Gasteiger partial charge in [-0.15, -0.1) is 11.8 Å². The molecule has 0 aliphatic carbocycles. The van der Waals surface area contributed by atoms with E-state index >= 15 is 0 Å². The molecule has 1 rings (SSSR count). The lowest BCUT2D eigenvalue weighted by Crippen LogP contribution is -2.38. The normalized spacial score (nSPS) is 14.1. The number of nitriles is 1. The summed E-state index contributed by atoms with van der Waals surface area (Å²) >= 11 is 7.54. The third-order valence-corrected chi connectivity index (χ3v) is 3.75. The van der Waals surface area contributed by atoms with Gasteiger partial charge in [-0.05, 0) is 44.7 Å². The molecule has 1 aromatic rings. The number of nitrogens with one attached hydrogen (secondary N) is 1. The number of nitrogens with zero attached hydrogens (tertiary/aromatic N) is 1. The van der Waals surface area contributed by atoms with Gasteiger partial charge in [0.15, 0.2) is 0 Å². The molecule has 0 saturated heterocycles. The van der Waals surface area contributed by atoms with Crippen LogP contribution in [-0.2, 0) is 0 Å². The molecule has 0 heterocycles. The van der Waals surface area contributed by atoms with Crippen LogP contribution < -0.4 is 5.32 Å². The maximum Gasteiger partial charge on any atom is 0.104 e. The summed E-state index contributed by atoms with van der Waals surface area (Å²) in [5.41, 5.74) is -0.431. The van der Waals surface area contributed by atoms with Crippen LogP contribution in [-0.4, -0.2) is 18.3 Å². The van der Waals surface area contributed by atoms with Gasteiger partial charge in [0.25, 0.3) is 0 Å². The monoisotopic (exact) mass is 254 g/mol. The molecule has 0 saturated carbocycles. The molecule has 0 aliphatic heterocycles. The predicted octanol–water partition coefficient (Wildman–Crippen LogP) is 3.32. The first kappa shape index (κ1) is 13.4. The first-order valence-electron chi connectivity index (χ1n) is 5.08. The van der Waals surface area contributed by atoms with Crippen molar-refractivity contribution < 1.29 is 0 Å². The smallest absolute Gasteiger partial charge is 0.104 e. The van der Waals surface area contributed by atoms with Crippen LogP contribution in [0.2, 0.25) is 5.02 Å². The molecule has 2 nitrogen and oxygen atoms in total. The van der Waals surface area contributed by atoms with E-state index in [1.165, 1.54) is 4.90 Å². The first-order chi connectivity index (χ1) is 7.59. The SMILES string of the molecule is CNC(C)(C#N)CCSc1ccc(Cl)cc1. The van der Waals surface area contributed by atoms with Gasteiger partial charge in [0.1, 0.15) is 5.54 Å². The highest BCUT2D eigenvalue weighted by Crippen LogP contribution is 2.23. The van der Waals surface area contributed by atoms with Crippen molar-refractivity contribution in [2.45, 2.75) is 23.8 Å². The molecule has 1 N–H and O–H groups in total. The fraction of sp³-hybridized carbons (Fsp3) is 0.417. The molecule has 0 aromatic heterocycles. The van der Waals surface area contributed by atoms with Crippen molar-refractivity contribution in [2.75, 3.05) is 12.8 Å². The van der Waals surface area contributed by atoms with Crippen molar-refractivity contribution in [1.82, 2.24) is 5.32 Å². The molecular weight excluding hydrogens is 240 g/mol. The van der Waals surface area contributed by atoms with E-state index < -0.39 is 5.54 Å². The Balaban J connectivity index is 2.42. The van der Waals surface area contributed by atoms with E-state index in [0.29, 0.717) is 0 Å². The van der Waals surface area contributed by atoms with E-state index in [-0.39, 0.29) is 0 Å². The lowest BCUT2D eigenvalue weighted by atomic mass is 10.0. The van der Waals surface area contributed by atoms with E-state index in [1.54, 1.807) is 11.8 Å². The molecule has 86 valence electrons. The Hall–Kier alpha value is -0.690. The van der Waals surface area contributed by atoms with Crippen molar-refractivity contribution in [3.05, 3.63) is 29.3 Å². The Kier molecular flexibility index (Phi) is 5.14. The standard InChI is InChI=1S/C12H15ClN2S/c1-12(9-14,15-2)7-8-16-11-5-3-10(13)4-6-11/h3-6,15H,7-8H2,1-2H3. The molecular formula is C12H15ClN2S. The lowest BCUT2D eigenvalue weighted by Gasteiger charge is -2.19. The topological polar surface area (TPSA) is 35.8 Å². The third kappa shape index (κ3) is 4.05. The average molecular weight is 255 g/mol. The fourth-order valence-electron chi connectivity index (χ4n) is 1.14. The van der Waals surface area contributed by atoms with Crippen LogP contribution in [0.3, 0.4) is 0 Å². The van der Waals surface area contributed by atoms with E-state index in [0.717, 1.165) is 17.2 Å². The van der Waals surface area contributed by atoms with Gasteiger partial charge in [-0.2, -0.15) is 5.26 Å². The highest BCUT2D eigenvalue weighted by molar-refractivity contribution is 7.99. The van der Waals surface area contributed by atoms with Gasteiger partial charge in [-0.1, -0.05) is 11.6 Å². The zero-order chi connectivity index (χ0) is 12.0. The molecule has 0 amide bonds. The van der Waals surface area contributed by atoms with Gasteiger partial charge in [0.2, 0.25) is 0 Å². The van der Waals surface area contributed by atoms with Gasteiger partial charge < -0.3 is 5.32 Å². The van der Waals surface area contributed by atoms with Gasteiger partial charge in [-0.3, -0.25) is 0 Å². The number of benzene rings is 1. The van der Waals surface area contributed by atoms with Crippen molar-refractivity contribution in [1.29, 1.82) is 5.26 Å². The van der Waals surface area contributed by atoms with Crippen LogP contribution in [0.1, 0.15) is 13.3 Å². The Morgan fingerprint density at radius 3 is 2.56 bits per heavy atom. The number of hydrogen-bond acceptors (Lipinski definition) is 3. The van der Waals surface area contributed by atoms with Crippen molar-refractivity contribution in [3.8, 4) is 6.07 Å². The molecule has 0 fully saturated rings. The Labute approximate surface area is 106 Å². The highest BCUT2D eigenvalue weighted by Gasteiger charge is 2.20. The van der Waals surface area contributed by atoms with Crippen molar-refractivity contribution in [2.24, 2.45) is 0 Å². The summed E-state index contributed by atoms with van der Waals surface area (Å²) in [7, 11) is 1.82. The second kappa shape index (κ2) is 6.15. The van der Waals surface area contributed by atoms with E-state index in [4.69, 9.17) is 16.9 Å². The molecule has 0 bridgehead atoms. The predicted molar refractivity (Wildman–Crippen MR) is 69.9 cm³/mol. The van der Waals surface area contributed by atoms with Crippen molar-refractivity contribution in [3.63, 3.8) is 0 Å². The fourth-order valence-corrected chi connectivity index (χ4v) is 2.34. The summed E-state index contributed by atoms with van der Waals surface area (Å²) in [5.74, 6) is 0.909. The Morgan fingerprint density at radius 1 is 1.44 bits per heavy atom. The van der Waals surface area contributed by atoms with Crippen LogP contribution in [0, 0.1) is 11.3 Å². The lowest BCUT2D eigenvalue weighted by molar-refractivity contribution is 0.480. The minimum absolute atomic E-state index is 0.431. The minimum Gasteiger partial charge on any atom is -0.303 e. The average Bonchev–Trinajstić information content (AvgIpc) is 2.31. The van der Waals surface area contributed by atoms with E-state index in [2.05, 4.69) is 11.4 Å². The molecule has 1 atom stereocenters. The van der Waals surface area contributed by atoms with E-state index in [1.807, 2.05) is 38.2 Å². The van der Waals surface area contributed by atoms with Crippen LogP contribution in [0.5, 0.6) is 0 Å². The van der Waals surface area contributed by atoms with Crippen molar-refractivity contribution >= 4 is 23.4 Å². The number of rotatable bonds is 5. The molecule has 0 radical (unpaired) electrons. The number of thioether (sulfide) groups is 1. The van der Waals surface area contributed by atoms with Crippen LogP contribution in [0.4, 0.5) is 0 Å². The molecule has 1 aromatic carbocycles. The van der Waals surface area contributed by atoms with Gasteiger partial charge >= 0.3 is 0 Å². The zero-order valence-electron chi connectivity index (χ0n) is 9.46. The van der Waals surface area contributed by atoms with Crippen LogP contribution in [0.15, 0.2) is 29.2 Å². The maximum absolute atomic E-state index is 8.98. The first-order valence-corrected chi connectivity index (χ1v) is 6.44. The van der Waals surface area contributed by atoms with E-state index in [9.17, 15) is 0 Å². The Morgan fingerprint density at radius 2 is 2.06 bits per heavy atom. The Bertz CT molecular complexity index is 372. The summed E-state index contributed by atoms with van der Waals surface area (Å²) in [6, 6.07) is 10.0. The largest absolute Gasteiger partial charge is 0.303 e. The quantitative estimate of drug-likeness (QED) is 0.819. The zero-order valence-corrected chi connectivity index (χ0v) is 11.0. The summed E-state index contributed by atoms with van der Waals surface area (Å²) in [6.07, 6.45) is 0.813.